The van der Waals surface area contributed by atoms with E-state index in [1.165, 1.54) is 6.20 Å². The molecule has 2 aromatic rings. The minimum absolute atomic E-state index is 0.150. The second-order valence-corrected chi connectivity index (χ2v) is 4.27. The Labute approximate surface area is 110 Å². The van der Waals surface area contributed by atoms with E-state index < -0.39 is 0 Å². The maximum absolute atomic E-state index is 9.17. The third-order valence-corrected chi connectivity index (χ3v) is 2.80. The lowest BCUT2D eigenvalue weighted by atomic mass is 10.2. The Morgan fingerprint density at radius 2 is 2.33 bits per heavy atom. The normalized spacial score (nSPS) is 10.4. The van der Waals surface area contributed by atoms with Crippen LogP contribution in [0.15, 0.2) is 24.8 Å². The highest BCUT2D eigenvalue weighted by Crippen LogP contribution is 2.04. The van der Waals surface area contributed by atoms with Crippen molar-refractivity contribution in [3.05, 3.63) is 35.3 Å². The molecular formula is C11H15N5OS. The highest BCUT2D eigenvalue weighted by molar-refractivity contribution is 7.71. The first-order valence-corrected chi connectivity index (χ1v) is 6.16. The molecule has 0 aliphatic heterocycles. The zero-order chi connectivity index (χ0) is 12.8. The molecule has 6 nitrogen and oxygen atoms in total. The Morgan fingerprint density at radius 1 is 1.44 bits per heavy atom. The molecule has 0 bridgehead atoms. The Balaban J connectivity index is 1.69. The van der Waals surface area contributed by atoms with E-state index in [4.69, 9.17) is 12.2 Å². The summed E-state index contributed by atoms with van der Waals surface area (Å²) in [6, 6.07) is 1.69. The van der Waals surface area contributed by atoms with Crippen LogP contribution in [0.3, 0.4) is 0 Å². The molecule has 18 heavy (non-hydrogen) atoms. The number of H-pyrrole nitrogens is 1. The van der Waals surface area contributed by atoms with E-state index in [0.29, 0.717) is 5.82 Å². The van der Waals surface area contributed by atoms with E-state index in [9.17, 15) is 5.21 Å². The minimum Gasteiger partial charge on any atom is -0.426 e. The molecule has 0 aliphatic rings. The molecule has 0 saturated carbocycles. The van der Waals surface area contributed by atoms with Crippen molar-refractivity contribution in [1.82, 2.24) is 19.7 Å². The number of imidazole rings is 1. The molecular weight excluding hydrogens is 250 g/mol. The average Bonchev–Trinajstić information content (AvgIpc) is 2.86. The van der Waals surface area contributed by atoms with E-state index in [1.807, 2.05) is 6.20 Å². The number of anilines is 1. The van der Waals surface area contributed by atoms with Gasteiger partial charge in [-0.3, -0.25) is 0 Å². The molecule has 3 N–H and O–H groups in total. The molecule has 0 fully saturated rings. The summed E-state index contributed by atoms with van der Waals surface area (Å²) in [7, 11) is 0. The van der Waals surface area contributed by atoms with Gasteiger partial charge in [0.15, 0.2) is 0 Å². The van der Waals surface area contributed by atoms with E-state index in [1.54, 1.807) is 12.4 Å². The predicted octanol–water partition coefficient (Wildman–Crippen LogP) is 2.01. The van der Waals surface area contributed by atoms with Crippen LogP contribution in [0.25, 0.3) is 0 Å². The molecule has 0 amide bonds. The molecule has 0 radical (unpaired) electrons. The summed E-state index contributed by atoms with van der Waals surface area (Å²) in [6.45, 7) is 0.825. The number of hydrogen-bond donors (Lipinski definition) is 3. The summed E-state index contributed by atoms with van der Waals surface area (Å²) in [5, 5.41) is 12.3. The first kappa shape index (κ1) is 12.6. The smallest absolute Gasteiger partial charge is 0.235 e. The molecule has 96 valence electrons. The quantitative estimate of drug-likeness (QED) is 0.423. The van der Waals surface area contributed by atoms with Crippen LogP contribution in [0.4, 0.5) is 5.82 Å². The molecule has 2 heterocycles. The van der Waals surface area contributed by atoms with Gasteiger partial charge < -0.3 is 15.5 Å². The number of hydrogen-bond acceptors (Lipinski definition) is 5. The van der Waals surface area contributed by atoms with E-state index in [2.05, 4.69) is 20.3 Å². The second-order valence-electron chi connectivity index (χ2n) is 3.90. The number of nitrogens with zero attached hydrogens (tertiary/aromatic N) is 3. The lowest BCUT2D eigenvalue weighted by Crippen LogP contribution is -2.06. The molecule has 7 heteroatoms. The van der Waals surface area contributed by atoms with E-state index >= 15 is 0 Å². The van der Waals surface area contributed by atoms with E-state index in [-0.39, 0.29) is 4.77 Å². The molecule has 2 aromatic heterocycles. The predicted molar refractivity (Wildman–Crippen MR) is 70.3 cm³/mol. The highest BCUT2D eigenvalue weighted by atomic mass is 32.1. The number of aromatic amines is 1. The van der Waals surface area contributed by atoms with Crippen LogP contribution in [0.2, 0.25) is 0 Å². The van der Waals surface area contributed by atoms with Gasteiger partial charge in [-0.2, -0.15) is 4.73 Å². The van der Waals surface area contributed by atoms with Gasteiger partial charge in [-0.25, -0.2) is 9.97 Å². The summed E-state index contributed by atoms with van der Waals surface area (Å²) in [5.41, 5.74) is 1.15. The summed E-state index contributed by atoms with van der Waals surface area (Å²) in [5.74, 6) is 0.687. The van der Waals surface area contributed by atoms with Crippen molar-refractivity contribution in [2.24, 2.45) is 0 Å². The van der Waals surface area contributed by atoms with Crippen LogP contribution < -0.4 is 5.32 Å². The standard InChI is InChI=1S/C11H15N5OS/c17-16-6-4-10(15-11(16)18)13-5-2-1-3-9-7-12-8-14-9/h4,6-8,17H,1-3,5H2,(H,12,14)(H,13,15,18). The van der Waals surface area contributed by atoms with Crippen LogP contribution in [0, 0.1) is 4.77 Å². The number of rotatable bonds is 6. The fourth-order valence-corrected chi connectivity index (χ4v) is 1.73. The summed E-state index contributed by atoms with van der Waals surface area (Å²) in [4.78, 5) is 11.1. The first-order chi connectivity index (χ1) is 8.75. The van der Waals surface area contributed by atoms with Gasteiger partial charge in [-0.05, 0) is 31.5 Å². The summed E-state index contributed by atoms with van der Waals surface area (Å²) >= 11 is 4.85. The third-order valence-electron chi connectivity index (χ3n) is 2.52. The maximum Gasteiger partial charge on any atom is 0.235 e. The number of unbranched alkanes of at least 4 members (excludes halogenated alkanes) is 1. The molecule has 0 aromatic carbocycles. The van der Waals surface area contributed by atoms with Gasteiger partial charge in [0, 0.05) is 24.5 Å². The van der Waals surface area contributed by atoms with Crippen LogP contribution in [-0.2, 0) is 6.42 Å². The Hall–Kier alpha value is -1.89. The highest BCUT2D eigenvalue weighted by Gasteiger charge is 1.97. The number of nitrogens with one attached hydrogen (secondary N) is 2. The van der Waals surface area contributed by atoms with Crippen molar-refractivity contribution < 1.29 is 5.21 Å². The van der Waals surface area contributed by atoms with Crippen molar-refractivity contribution in [3.8, 4) is 0 Å². The van der Waals surface area contributed by atoms with Crippen LogP contribution in [-0.4, -0.2) is 31.4 Å². The van der Waals surface area contributed by atoms with Crippen LogP contribution in [0.1, 0.15) is 18.5 Å². The van der Waals surface area contributed by atoms with Crippen molar-refractivity contribution in [2.45, 2.75) is 19.3 Å². The lowest BCUT2D eigenvalue weighted by Gasteiger charge is -2.05. The van der Waals surface area contributed by atoms with Gasteiger partial charge in [0.1, 0.15) is 5.82 Å². The molecule has 0 unspecified atom stereocenters. The fourth-order valence-electron chi connectivity index (χ4n) is 1.57. The van der Waals surface area contributed by atoms with Gasteiger partial charge in [0.2, 0.25) is 4.77 Å². The molecule has 0 spiro atoms. The van der Waals surface area contributed by atoms with E-state index in [0.717, 1.165) is 36.2 Å². The monoisotopic (exact) mass is 265 g/mol. The largest absolute Gasteiger partial charge is 0.426 e. The topological polar surface area (TPSA) is 78.8 Å². The van der Waals surface area contributed by atoms with Gasteiger partial charge in [0.05, 0.1) is 12.5 Å². The van der Waals surface area contributed by atoms with Crippen LogP contribution in [0.5, 0.6) is 0 Å². The van der Waals surface area contributed by atoms with Gasteiger partial charge in [-0.1, -0.05) is 0 Å². The van der Waals surface area contributed by atoms with Gasteiger partial charge >= 0.3 is 0 Å². The minimum atomic E-state index is 0.150. The Morgan fingerprint density at radius 3 is 3.06 bits per heavy atom. The van der Waals surface area contributed by atoms with Crippen molar-refractivity contribution >= 4 is 18.0 Å². The summed E-state index contributed by atoms with van der Waals surface area (Å²) in [6.07, 6.45) is 8.10. The molecule has 2 rings (SSSR count). The van der Waals surface area contributed by atoms with Gasteiger partial charge in [-0.15, -0.1) is 0 Å². The zero-order valence-electron chi connectivity index (χ0n) is 9.83. The molecule has 0 atom stereocenters. The van der Waals surface area contributed by atoms with Gasteiger partial charge in [0.25, 0.3) is 0 Å². The lowest BCUT2D eigenvalue weighted by molar-refractivity contribution is 0.176. The zero-order valence-corrected chi connectivity index (χ0v) is 10.7. The fraction of sp³-hybridized carbons (Fsp3) is 0.364. The average molecular weight is 265 g/mol. The SMILES string of the molecule is On1ccc(NCCCCc2cnc[nH]2)nc1=S. The van der Waals surface area contributed by atoms with Crippen molar-refractivity contribution in [1.29, 1.82) is 0 Å². The van der Waals surface area contributed by atoms with Crippen molar-refractivity contribution in [3.63, 3.8) is 0 Å². The van der Waals surface area contributed by atoms with Crippen molar-refractivity contribution in [2.75, 3.05) is 11.9 Å². The molecule has 0 saturated heterocycles. The third kappa shape index (κ3) is 3.56. The number of aromatic nitrogens is 4. The summed E-state index contributed by atoms with van der Waals surface area (Å²) < 4.78 is 0.969. The number of aryl methyl sites for hydroxylation is 1. The second kappa shape index (κ2) is 6.15. The molecule has 0 aliphatic carbocycles. The maximum atomic E-state index is 9.17. The Bertz CT molecular complexity index is 537. The van der Waals surface area contributed by atoms with Crippen LogP contribution >= 0.6 is 12.2 Å². The first-order valence-electron chi connectivity index (χ1n) is 5.76. The Kier molecular flexibility index (Phi) is 4.30.